The first-order valence-electron chi connectivity index (χ1n) is 10.3. The van der Waals surface area contributed by atoms with Gasteiger partial charge in [-0.2, -0.15) is 13.2 Å². The second kappa shape index (κ2) is 12.5. The van der Waals surface area contributed by atoms with Crippen molar-refractivity contribution in [3.8, 4) is 0 Å². The van der Waals surface area contributed by atoms with Crippen molar-refractivity contribution in [3.05, 3.63) is 84.3 Å². The maximum atomic E-state index is 14.0. The van der Waals surface area contributed by atoms with Gasteiger partial charge in [0.2, 0.25) is 5.91 Å². The Bertz CT molecular complexity index is 1560. The number of rotatable bonds is 7. The molecule has 0 spiro atoms. The van der Waals surface area contributed by atoms with Crippen LogP contribution < -0.4 is 10.6 Å². The van der Waals surface area contributed by atoms with E-state index in [9.17, 15) is 50.2 Å². The molecule has 0 heterocycles. The average Bonchev–Trinajstić information content (AvgIpc) is 2.89. The van der Waals surface area contributed by atoms with Gasteiger partial charge < -0.3 is 15.7 Å². The maximum absolute atomic E-state index is 14.0. The molecule has 18 heteroatoms. The van der Waals surface area contributed by atoms with Crippen LogP contribution in [0.25, 0.3) is 0 Å². The molecular weight excluding hydrogens is 675 g/mol. The maximum Gasteiger partial charge on any atom is 0.422 e. The molecule has 0 radical (unpaired) electrons. The van der Waals surface area contributed by atoms with E-state index >= 15 is 0 Å². The summed E-state index contributed by atoms with van der Waals surface area (Å²) in [5, 5.41) is 11.6. The summed E-state index contributed by atoms with van der Waals surface area (Å²) in [5.74, 6) is -14.8. The van der Waals surface area contributed by atoms with Crippen molar-refractivity contribution in [1.29, 1.82) is 0 Å². The summed E-state index contributed by atoms with van der Waals surface area (Å²) in [5.41, 5.74) is -5.71. The summed E-state index contributed by atoms with van der Waals surface area (Å²) in [4.78, 5) is 36.8. The first-order valence-corrected chi connectivity index (χ1v) is 12.8. The quantitative estimate of drug-likeness (QED) is 0.100. The van der Waals surface area contributed by atoms with Gasteiger partial charge in [-0.05, 0) is 24.3 Å². The molecular formula is C23H9Cl4F7N2O4S. The van der Waals surface area contributed by atoms with E-state index in [-0.39, 0.29) is 15.7 Å². The first kappa shape index (κ1) is 32.6. The van der Waals surface area contributed by atoms with Gasteiger partial charge in [-0.25, -0.2) is 22.4 Å². The van der Waals surface area contributed by atoms with Crippen LogP contribution in [-0.4, -0.2) is 28.6 Å². The SMILES string of the molecule is O=C(CSc1ccc(NC(=O)c2c(Cl)c(Cl)c(Cl)c(Cl)c2C(=O)O)cc1)Nc1c(F)c(F)c(C(F)(F)F)c(F)c1F. The molecule has 3 N–H and O–H groups in total. The van der Waals surface area contributed by atoms with Crippen LogP contribution in [0.2, 0.25) is 20.1 Å². The number of thioether (sulfide) groups is 1. The largest absolute Gasteiger partial charge is 0.478 e. The fraction of sp³-hybridized carbons (Fsp3) is 0.0870. The van der Waals surface area contributed by atoms with E-state index in [4.69, 9.17) is 46.4 Å². The number of hydrogen-bond acceptors (Lipinski definition) is 4. The number of aromatic carboxylic acids is 1. The fourth-order valence-electron chi connectivity index (χ4n) is 3.19. The number of carbonyl (C=O) groups excluding carboxylic acids is 2. The van der Waals surface area contributed by atoms with Crippen LogP contribution >= 0.6 is 58.2 Å². The second-order valence-corrected chi connectivity index (χ2v) is 10.2. The Balaban J connectivity index is 1.72. The van der Waals surface area contributed by atoms with Crippen LogP contribution in [0.4, 0.5) is 42.1 Å². The zero-order chi connectivity index (χ0) is 31.0. The van der Waals surface area contributed by atoms with Crippen molar-refractivity contribution in [2.45, 2.75) is 11.1 Å². The Kier molecular flexibility index (Phi) is 9.96. The monoisotopic (exact) mass is 682 g/mol. The number of hydrogen-bond donors (Lipinski definition) is 3. The van der Waals surface area contributed by atoms with Crippen LogP contribution in [0.1, 0.15) is 26.3 Å². The Hall–Kier alpha value is -2.91. The van der Waals surface area contributed by atoms with Crippen LogP contribution in [0, 0.1) is 23.3 Å². The van der Waals surface area contributed by atoms with Gasteiger partial charge >= 0.3 is 12.1 Å². The van der Waals surface area contributed by atoms with Crippen LogP contribution in [0.5, 0.6) is 0 Å². The van der Waals surface area contributed by atoms with E-state index in [1.54, 1.807) is 0 Å². The van der Waals surface area contributed by atoms with Crippen molar-refractivity contribution >= 4 is 87.3 Å². The van der Waals surface area contributed by atoms with E-state index < -0.39 is 85.4 Å². The predicted octanol–water partition coefficient (Wildman–Crippen LogP) is 8.56. The number of carboxylic acids is 1. The van der Waals surface area contributed by atoms with E-state index in [1.165, 1.54) is 29.6 Å². The lowest BCUT2D eigenvalue weighted by Gasteiger charge is -2.15. The lowest BCUT2D eigenvalue weighted by Crippen LogP contribution is -2.21. The smallest absolute Gasteiger partial charge is 0.422 e. The summed E-state index contributed by atoms with van der Waals surface area (Å²) in [6.07, 6.45) is -5.74. The topological polar surface area (TPSA) is 95.5 Å². The summed E-state index contributed by atoms with van der Waals surface area (Å²) in [7, 11) is 0. The van der Waals surface area contributed by atoms with Crippen molar-refractivity contribution in [3.63, 3.8) is 0 Å². The number of amides is 2. The van der Waals surface area contributed by atoms with Gasteiger partial charge in [0, 0.05) is 10.6 Å². The minimum absolute atomic E-state index is 0.0956. The number of alkyl halides is 3. The third kappa shape index (κ3) is 6.78. The average molecular weight is 684 g/mol. The van der Waals surface area contributed by atoms with E-state index in [0.717, 1.165) is 11.8 Å². The van der Waals surface area contributed by atoms with Crippen molar-refractivity contribution in [2.24, 2.45) is 0 Å². The van der Waals surface area contributed by atoms with E-state index in [0.29, 0.717) is 4.90 Å². The number of nitrogens with one attached hydrogen (secondary N) is 2. The standard InChI is InChI=1S/C23H9Cl4F7N2O4S/c24-12-9(10(22(39)40)13(25)15(27)14(12)26)21(38)35-6-1-3-7(4-2-6)41-5-8(37)36-20-18(30)16(28)11(23(32,33)34)17(29)19(20)31/h1-4H,5H2,(H,35,38)(H,36,37)(H,39,40). The number of anilines is 2. The minimum Gasteiger partial charge on any atom is -0.478 e. The molecule has 0 bridgehead atoms. The Labute approximate surface area is 248 Å². The Morgan fingerprint density at radius 2 is 1.24 bits per heavy atom. The highest BCUT2D eigenvalue weighted by molar-refractivity contribution is 8.00. The molecule has 0 unspecified atom stereocenters. The first-order chi connectivity index (χ1) is 19.0. The summed E-state index contributed by atoms with van der Waals surface area (Å²) in [6, 6.07) is 5.28. The van der Waals surface area contributed by atoms with Crippen LogP contribution in [0.3, 0.4) is 0 Å². The predicted molar refractivity (Wildman–Crippen MR) is 138 cm³/mol. The molecule has 2 amide bonds. The molecule has 0 saturated heterocycles. The second-order valence-electron chi connectivity index (χ2n) is 7.63. The normalized spacial score (nSPS) is 11.4. The third-order valence-corrected chi connectivity index (χ3v) is 7.82. The molecule has 6 nitrogen and oxygen atoms in total. The molecule has 0 aliphatic heterocycles. The molecule has 0 saturated carbocycles. The van der Waals surface area contributed by atoms with E-state index in [2.05, 4.69) is 5.32 Å². The van der Waals surface area contributed by atoms with Gasteiger partial charge in [0.1, 0.15) is 11.3 Å². The lowest BCUT2D eigenvalue weighted by atomic mass is 10.1. The van der Waals surface area contributed by atoms with Crippen molar-refractivity contribution in [2.75, 3.05) is 16.4 Å². The van der Waals surface area contributed by atoms with Crippen LogP contribution in [-0.2, 0) is 11.0 Å². The van der Waals surface area contributed by atoms with Gasteiger partial charge in [0.25, 0.3) is 5.91 Å². The lowest BCUT2D eigenvalue weighted by molar-refractivity contribution is -0.143. The number of benzene rings is 3. The molecule has 0 aliphatic rings. The van der Waals surface area contributed by atoms with Gasteiger partial charge in [0.05, 0.1) is 37.0 Å². The van der Waals surface area contributed by atoms with Gasteiger partial charge in [-0.15, -0.1) is 11.8 Å². The third-order valence-electron chi connectivity index (χ3n) is 5.00. The molecule has 0 aliphatic carbocycles. The van der Waals surface area contributed by atoms with Crippen molar-refractivity contribution in [1.82, 2.24) is 0 Å². The number of carboxylic acid groups (broad SMARTS) is 1. The molecule has 0 aromatic heterocycles. The molecule has 0 atom stereocenters. The molecule has 3 aromatic carbocycles. The van der Waals surface area contributed by atoms with Crippen molar-refractivity contribution < 1.29 is 50.2 Å². The highest BCUT2D eigenvalue weighted by Crippen LogP contribution is 2.42. The molecule has 3 aromatic rings. The van der Waals surface area contributed by atoms with Gasteiger partial charge in [-0.1, -0.05) is 46.4 Å². The van der Waals surface area contributed by atoms with E-state index in [1.807, 2.05) is 0 Å². The molecule has 3 rings (SSSR count). The highest BCUT2D eigenvalue weighted by atomic mass is 35.5. The summed E-state index contributed by atoms with van der Waals surface area (Å²) in [6.45, 7) is 0. The molecule has 41 heavy (non-hydrogen) atoms. The summed E-state index contributed by atoms with van der Waals surface area (Å²) >= 11 is 24.4. The Morgan fingerprint density at radius 1 is 0.756 bits per heavy atom. The highest BCUT2D eigenvalue weighted by Gasteiger charge is 2.42. The van der Waals surface area contributed by atoms with Gasteiger partial charge in [-0.3, -0.25) is 9.59 Å². The zero-order valence-electron chi connectivity index (χ0n) is 19.3. The Morgan fingerprint density at radius 3 is 1.71 bits per heavy atom. The summed E-state index contributed by atoms with van der Waals surface area (Å²) < 4.78 is 93.5. The van der Waals surface area contributed by atoms with Gasteiger partial charge in [0.15, 0.2) is 23.3 Å². The molecule has 218 valence electrons. The zero-order valence-corrected chi connectivity index (χ0v) is 23.1. The number of halogens is 11. The fourth-order valence-corrected chi connectivity index (χ4v) is 4.91. The minimum atomic E-state index is -5.74. The van der Waals surface area contributed by atoms with Crippen LogP contribution in [0.15, 0.2) is 29.2 Å². The molecule has 0 fully saturated rings. The number of carbonyl (C=O) groups is 3.